The van der Waals surface area contributed by atoms with Crippen molar-refractivity contribution in [2.24, 2.45) is 0 Å². The lowest BCUT2D eigenvalue weighted by atomic mass is 10.2. The van der Waals surface area contributed by atoms with Crippen molar-refractivity contribution in [3.8, 4) is 0 Å². The maximum atomic E-state index is 12.6. The van der Waals surface area contributed by atoms with Gasteiger partial charge in [-0.2, -0.15) is 0 Å². The van der Waals surface area contributed by atoms with Crippen LogP contribution in [0.5, 0.6) is 0 Å². The number of benzene rings is 1. The first-order valence-electron chi connectivity index (χ1n) is 8.03. The smallest absolute Gasteiger partial charge is 0.241 e. The number of aliphatic hydroxyl groups is 1. The molecule has 8 heteroatoms. The van der Waals surface area contributed by atoms with Gasteiger partial charge in [0.15, 0.2) is 0 Å². The Labute approximate surface area is 141 Å². The second kappa shape index (κ2) is 7.54. The third-order valence-corrected chi connectivity index (χ3v) is 5.66. The standard InChI is InChI=1S/C16H22N4O3S/c21-16(20-9-2-6-17-8-10-20)12-19-24(22,23)15-4-1-3-13-11-18-7-5-14(13)15/h1,3-5,7,11,16-17,19,21H,2,6,8-10,12H2. The summed E-state index contributed by atoms with van der Waals surface area (Å²) in [5, 5.41) is 14.9. The van der Waals surface area contributed by atoms with Crippen molar-refractivity contribution in [1.29, 1.82) is 0 Å². The monoisotopic (exact) mass is 350 g/mol. The molecule has 1 saturated heterocycles. The van der Waals surface area contributed by atoms with Gasteiger partial charge in [-0.05, 0) is 25.1 Å². The van der Waals surface area contributed by atoms with Gasteiger partial charge in [0.1, 0.15) is 6.23 Å². The van der Waals surface area contributed by atoms with E-state index in [-0.39, 0.29) is 11.4 Å². The van der Waals surface area contributed by atoms with Crippen LogP contribution in [0, 0.1) is 0 Å². The van der Waals surface area contributed by atoms with Gasteiger partial charge in [0, 0.05) is 42.8 Å². The first-order chi connectivity index (χ1) is 11.6. The van der Waals surface area contributed by atoms with E-state index >= 15 is 0 Å². The Bertz CT molecular complexity index is 784. The molecule has 3 rings (SSSR count). The number of sulfonamides is 1. The number of aliphatic hydroxyl groups excluding tert-OH is 1. The Balaban J connectivity index is 1.73. The van der Waals surface area contributed by atoms with Crippen LogP contribution < -0.4 is 10.0 Å². The van der Waals surface area contributed by atoms with E-state index in [1.165, 1.54) is 0 Å². The van der Waals surface area contributed by atoms with Crippen LogP contribution in [0.2, 0.25) is 0 Å². The Morgan fingerprint density at radius 3 is 3.04 bits per heavy atom. The molecule has 2 heterocycles. The molecule has 1 aromatic carbocycles. The quantitative estimate of drug-likeness (QED) is 0.709. The summed E-state index contributed by atoms with van der Waals surface area (Å²) in [6.45, 7) is 3.11. The molecular weight excluding hydrogens is 328 g/mol. The fraction of sp³-hybridized carbons (Fsp3) is 0.438. The van der Waals surface area contributed by atoms with Crippen molar-refractivity contribution < 1.29 is 13.5 Å². The van der Waals surface area contributed by atoms with Crippen LogP contribution >= 0.6 is 0 Å². The fourth-order valence-electron chi connectivity index (χ4n) is 2.88. The van der Waals surface area contributed by atoms with E-state index in [1.807, 2.05) is 11.0 Å². The van der Waals surface area contributed by atoms with Gasteiger partial charge in [-0.25, -0.2) is 13.1 Å². The van der Waals surface area contributed by atoms with Gasteiger partial charge in [0.2, 0.25) is 10.0 Å². The summed E-state index contributed by atoms with van der Waals surface area (Å²) in [5.74, 6) is 0. The normalized spacial score (nSPS) is 18.4. The number of rotatable bonds is 5. The SMILES string of the molecule is O=S(=O)(NCC(O)N1CCCNCC1)c1cccc2cnccc12. The van der Waals surface area contributed by atoms with Crippen molar-refractivity contribution >= 4 is 20.8 Å². The summed E-state index contributed by atoms with van der Waals surface area (Å²) in [5.41, 5.74) is 0. The van der Waals surface area contributed by atoms with Crippen LogP contribution in [-0.2, 0) is 10.0 Å². The molecule has 1 unspecified atom stereocenters. The van der Waals surface area contributed by atoms with E-state index in [0.717, 1.165) is 31.4 Å². The molecule has 0 bridgehead atoms. The van der Waals surface area contributed by atoms with Crippen molar-refractivity contribution in [2.45, 2.75) is 17.5 Å². The fourth-order valence-corrected chi connectivity index (χ4v) is 4.14. The van der Waals surface area contributed by atoms with Crippen LogP contribution in [0.25, 0.3) is 10.8 Å². The van der Waals surface area contributed by atoms with Crippen molar-refractivity contribution in [2.75, 3.05) is 32.7 Å². The Hall–Kier alpha value is -1.58. The number of fused-ring (bicyclic) bond motifs is 1. The van der Waals surface area contributed by atoms with E-state index in [4.69, 9.17) is 0 Å². The summed E-state index contributed by atoms with van der Waals surface area (Å²) >= 11 is 0. The van der Waals surface area contributed by atoms with Gasteiger partial charge < -0.3 is 10.4 Å². The molecule has 3 N–H and O–H groups in total. The minimum Gasteiger partial charge on any atom is -0.377 e. The lowest BCUT2D eigenvalue weighted by Gasteiger charge is -2.26. The maximum Gasteiger partial charge on any atom is 0.241 e. The zero-order chi connectivity index (χ0) is 17.0. The van der Waals surface area contributed by atoms with Crippen LogP contribution in [-0.4, -0.2) is 62.4 Å². The molecule has 1 aromatic heterocycles. The van der Waals surface area contributed by atoms with Crippen molar-refractivity contribution in [1.82, 2.24) is 19.9 Å². The topological polar surface area (TPSA) is 94.6 Å². The number of nitrogens with zero attached hydrogens (tertiary/aromatic N) is 2. The summed E-state index contributed by atoms with van der Waals surface area (Å²) in [6.07, 6.45) is 3.30. The van der Waals surface area contributed by atoms with E-state index in [1.54, 1.807) is 30.6 Å². The van der Waals surface area contributed by atoms with Crippen LogP contribution in [0.4, 0.5) is 0 Å². The Morgan fingerprint density at radius 1 is 1.29 bits per heavy atom. The summed E-state index contributed by atoms with van der Waals surface area (Å²) in [4.78, 5) is 6.10. The molecule has 2 aromatic rings. The molecule has 7 nitrogen and oxygen atoms in total. The first-order valence-corrected chi connectivity index (χ1v) is 9.51. The van der Waals surface area contributed by atoms with Crippen molar-refractivity contribution in [3.05, 3.63) is 36.7 Å². The molecule has 1 aliphatic rings. The highest BCUT2D eigenvalue weighted by Gasteiger charge is 2.22. The minimum absolute atomic E-state index is 0.0379. The minimum atomic E-state index is -3.71. The second-order valence-corrected chi connectivity index (χ2v) is 7.56. The van der Waals surface area contributed by atoms with Gasteiger partial charge in [-0.1, -0.05) is 12.1 Å². The number of nitrogens with one attached hydrogen (secondary N) is 2. The molecule has 0 amide bonds. The summed E-state index contributed by atoms with van der Waals surface area (Å²) < 4.78 is 27.8. The van der Waals surface area contributed by atoms with E-state index < -0.39 is 16.3 Å². The average Bonchev–Trinajstić information content (AvgIpc) is 2.88. The molecule has 1 fully saturated rings. The number of hydrogen-bond acceptors (Lipinski definition) is 6. The van der Waals surface area contributed by atoms with Gasteiger partial charge in [0.05, 0.1) is 11.4 Å². The summed E-state index contributed by atoms with van der Waals surface area (Å²) in [7, 11) is -3.71. The zero-order valence-corrected chi connectivity index (χ0v) is 14.2. The van der Waals surface area contributed by atoms with E-state index in [2.05, 4.69) is 15.0 Å². The zero-order valence-electron chi connectivity index (χ0n) is 13.4. The molecular formula is C16H22N4O3S. The van der Waals surface area contributed by atoms with Crippen LogP contribution in [0.1, 0.15) is 6.42 Å². The summed E-state index contributed by atoms with van der Waals surface area (Å²) in [6, 6.07) is 6.75. The van der Waals surface area contributed by atoms with Crippen LogP contribution in [0.3, 0.4) is 0 Å². The van der Waals surface area contributed by atoms with Gasteiger partial charge in [-0.3, -0.25) is 9.88 Å². The molecule has 0 radical (unpaired) electrons. The van der Waals surface area contributed by atoms with Gasteiger partial charge in [-0.15, -0.1) is 0 Å². The maximum absolute atomic E-state index is 12.6. The molecule has 1 atom stereocenters. The lowest BCUT2D eigenvalue weighted by Crippen LogP contribution is -2.45. The van der Waals surface area contributed by atoms with Crippen LogP contribution in [0.15, 0.2) is 41.6 Å². The number of aromatic nitrogens is 1. The van der Waals surface area contributed by atoms with E-state index in [0.29, 0.717) is 11.9 Å². The highest BCUT2D eigenvalue weighted by molar-refractivity contribution is 7.89. The molecule has 1 aliphatic heterocycles. The van der Waals surface area contributed by atoms with Gasteiger partial charge >= 0.3 is 0 Å². The molecule has 130 valence electrons. The predicted octanol–water partition coefficient (Wildman–Crippen LogP) is 0.127. The highest BCUT2D eigenvalue weighted by Crippen LogP contribution is 2.21. The Morgan fingerprint density at radius 2 is 2.17 bits per heavy atom. The first kappa shape index (κ1) is 17.2. The molecule has 0 spiro atoms. The Kier molecular flexibility index (Phi) is 5.42. The highest BCUT2D eigenvalue weighted by atomic mass is 32.2. The van der Waals surface area contributed by atoms with Crippen molar-refractivity contribution in [3.63, 3.8) is 0 Å². The lowest BCUT2D eigenvalue weighted by molar-refractivity contribution is 0.0129. The van der Waals surface area contributed by atoms with E-state index in [9.17, 15) is 13.5 Å². The number of pyridine rings is 1. The third kappa shape index (κ3) is 3.90. The third-order valence-electron chi connectivity index (χ3n) is 4.18. The molecule has 0 saturated carbocycles. The molecule has 0 aliphatic carbocycles. The largest absolute Gasteiger partial charge is 0.377 e. The van der Waals surface area contributed by atoms with Gasteiger partial charge in [0.25, 0.3) is 0 Å². The predicted molar refractivity (Wildman–Crippen MR) is 92.0 cm³/mol. The average molecular weight is 350 g/mol. The number of hydrogen-bond donors (Lipinski definition) is 3. The molecule has 24 heavy (non-hydrogen) atoms. The second-order valence-electron chi connectivity index (χ2n) is 5.82.